The fourth-order valence-corrected chi connectivity index (χ4v) is 2.24. The van der Waals surface area contributed by atoms with Gasteiger partial charge in [-0.25, -0.2) is 0 Å². The number of hydrogen-bond donors (Lipinski definition) is 1. The summed E-state index contributed by atoms with van der Waals surface area (Å²) in [5, 5.41) is 9.54. The lowest BCUT2D eigenvalue weighted by atomic mass is 9.98. The molecule has 0 heterocycles. The summed E-state index contributed by atoms with van der Waals surface area (Å²) < 4.78 is 0. The molecule has 0 unspecified atom stereocenters. The van der Waals surface area contributed by atoms with Crippen LogP contribution in [0.1, 0.15) is 35.3 Å². The van der Waals surface area contributed by atoms with Crippen molar-refractivity contribution < 1.29 is 14.7 Å². The van der Waals surface area contributed by atoms with Gasteiger partial charge in [0.05, 0.1) is 5.76 Å². The number of carbonyl (C=O) groups is 2. The Kier molecular flexibility index (Phi) is 4.89. The summed E-state index contributed by atoms with van der Waals surface area (Å²) in [6.07, 6.45) is 0.359. The van der Waals surface area contributed by atoms with Crippen molar-refractivity contribution in [1.29, 1.82) is 0 Å². The Morgan fingerprint density at radius 1 is 0.864 bits per heavy atom. The van der Waals surface area contributed by atoms with E-state index in [1.54, 1.807) is 24.3 Å². The van der Waals surface area contributed by atoms with Crippen molar-refractivity contribution in [2.45, 2.75) is 20.3 Å². The Labute approximate surface area is 129 Å². The van der Waals surface area contributed by atoms with Gasteiger partial charge in [-0.3, -0.25) is 9.59 Å². The molecule has 22 heavy (non-hydrogen) atoms. The van der Waals surface area contributed by atoms with Gasteiger partial charge in [-0.2, -0.15) is 0 Å². The summed E-state index contributed by atoms with van der Waals surface area (Å²) in [5.74, 6) is -0.144. The number of aliphatic hydroxyl groups is 1. The Morgan fingerprint density at radius 2 is 1.41 bits per heavy atom. The lowest BCUT2D eigenvalue weighted by Crippen LogP contribution is -2.05. The molecular formula is C19H18O3. The van der Waals surface area contributed by atoms with Crippen LogP contribution in [0.15, 0.2) is 65.9 Å². The quantitative estimate of drug-likeness (QED) is 0.517. The number of benzene rings is 2. The molecule has 1 N–H and O–H groups in total. The standard InChI is InChI=1S/C19H18O3/c1-13(20)18(14(2)21)12-15-8-10-17(11-9-15)19(22)16-6-4-3-5-7-16/h3-11,20H,12H2,1-2H3/b18-13-. The monoisotopic (exact) mass is 294 g/mol. The van der Waals surface area contributed by atoms with Crippen molar-refractivity contribution >= 4 is 11.6 Å². The molecule has 112 valence electrons. The zero-order valence-electron chi connectivity index (χ0n) is 12.7. The third-order valence-electron chi connectivity index (χ3n) is 3.49. The number of Topliss-reactive ketones (excluding diaryl/α,β-unsaturated/α-hetero) is 1. The first kappa shape index (κ1) is 15.7. The number of rotatable bonds is 5. The molecule has 0 aliphatic carbocycles. The third-order valence-corrected chi connectivity index (χ3v) is 3.49. The summed E-state index contributed by atoms with van der Waals surface area (Å²) >= 11 is 0. The van der Waals surface area contributed by atoms with Gasteiger partial charge in [-0.05, 0) is 19.4 Å². The van der Waals surface area contributed by atoms with Crippen LogP contribution in [0.5, 0.6) is 0 Å². The SMILES string of the molecule is CC(=O)/C(Cc1ccc(C(=O)c2ccccc2)cc1)=C(/C)O. The van der Waals surface area contributed by atoms with Gasteiger partial charge in [-0.1, -0.05) is 54.6 Å². The van der Waals surface area contributed by atoms with Gasteiger partial charge in [0.1, 0.15) is 0 Å². The second kappa shape index (κ2) is 6.85. The molecule has 0 aromatic heterocycles. The van der Waals surface area contributed by atoms with E-state index in [0.29, 0.717) is 23.1 Å². The molecule has 0 saturated heterocycles. The highest BCUT2D eigenvalue weighted by Gasteiger charge is 2.11. The van der Waals surface area contributed by atoms with E-state index in [0.717, 1.165) is 5.56 Å². The van der Waals surface area contributed by atoms with E-state index in [9.17, 15) is 14.7 Å². The van der Waals surface area contributed by atoms with Crippen molar-refractivity contribution in [3.8, 4) is 0 Å². The second-order valence-electron chi connectivity index (χ2n) is 5.19. The van der Waals surface area contributed by atoms with E-state index in [4.69, 9.17) is 0 Å². The van der Waals surface area contributed by atoms with Crippen LogP contribution in [0.4, 0.5) is 0 Å². The van der Waals surface area contributed by atoms with Gasteiger partial charge >= 0.3 is 0 Å². The van der Waals surface area contributed by atoms with E-state index in [1.165, 1.54) is 13.8 Å². The highest BCUT2D eigenvalue weighted by atomic mass is 16.3. The van der Waals surface area contributed by atoms with Crippen LogP contribution in [-0.2, 0) is 11.2 Å². The van der Waals surface area contributed by atoms with E-state index >= 15 is 0 Å². The van der Waals surface area contributed by atoms with Crippen molar-refractivity contribution in [2.24, 2.45) is 0 Å². The molecule has 2 rings (SSSR count). The van der Waals surface area contributed by atoms with Crippen molar-refractivity contribution in [3.63, 3.8) is 0 Å². The first-order valence-electron chi connectivity index (χ1n) is 7.07. The number of hydrogen-bond acceptors (Lipinski definition) is 3. The summed E-state index contributed by atoms with van der Waals surface area (Å²) in [6.45, 7) is 2.94. The van der Waals surface area contributed by atoms with Crippen LogP contribution >= 0.6 is 0 Å². The van der Waals surface area contributed by atoms with Gasteiger partial charge in [0.2, 0.25) is 0 Å². The molecule has 3 heteroatoms. The molecule has 2 aromatic rings. The topological polar surface area (TPSA) is 54.4 Å². The smallest absolute Gasteiger partial charge is 0.193 e. The largest absolute Gasteiger partial charge is 0.512 e. The predicted molar refractivity (Wildman–Crippen MR) is 86.0 cm³/mol. The summed E-state index contributed by atoms with van der Waals surface area (Å²) in [6, 6.07) is 16.2. The van der Waals surface area contributed by atoms with Crippen molar-refractivity contribution in [2.75, 3.05) is 0 Å². The number of ketones is 2. The number of carbonyl (C=O) groups excluding carboxylic acids is 2. The van der Waals surface area contributed by atoms with Crippen LogP contribution in [0.3, 0.4) is 0 Å². The molecular weight excluding hydrogens is 276 g/mol. The van der Waals surface area contributed by atoms with Crippen molar-refractivity contribution in [1.82, 2.24) is 0 Å². The molecule has 0 radical (unpaired) electrons. The zero-order chi connectivity index (χ0) is 16.1. The lowest BCUT2D eigenvalue weighted by Gasteiger charge is -2.07. The van der Waals surface area contributed by atoms with Gasteiger partial charge in [0, 0.05) is 23.1 Å². The van der Waals surface area contributed by atoms with E-state index in [-0.39, 0.29) is 17.3 Å². The minimum atomic E-state index is -0.149. The fourth-order valence-electron chi connectivity index (χ4n) is 2.24. The predicted octanol–water partition coefficient (Wildman–Crippen LogP) is 3.88. The maximum Gasteiger partial charge on any atom is 0.193 e. The Hall–Kier alpha value is -2.68. The average molecular weight is 294 g/mol. The molecule has 0 saturated carbocycles. The van der Waals surface area contributed by atoms with Gasteiger partial charge in [0.25, 0.3) is 0 Å². The molecule has 0 spiro atoms. The second-order valence-corrected chi connectivity index (χ2v) is 5.19. The summed E-state index contributed by atoms with van der Waals surface area (Å²) in [4.78, 5) is 23.8. The Balaban J connectivity index is 2.19. The van der Waals surface area contributed by atoms with Crippen LogP contribution in [0.2, 0.25) is 0 Å². The molecule has 0 bridgehead atoms. The van der Waals surface area contributed by atoms with Crippen LogP contribution in [-0.4, -0.2) is 16.7 Å². The van der Waals surface area contributed by atoms with E-state index < -0.39 is 0 Å². The van der Waals surface area contributed by atoms with Crippen LogP contribution in [0.25, 0.3) is 0 Å². The van der Waals surface area contributed by atoms with Gasteiger partial charge < -0.3 is 5.11 Å². The maximum absolute atomic E-state index is 12.3. The summed E-state index contributed by atoms with van der Waals surface area (Å²) in [7, 11) is 0. The highest BCUT2D eigenvalue weighted by molar-refractivity contribution is 6.08. The molecule has 0 aliphatic heterocycles. The maximum atomic E-state index is 12.3. The molecule has 0 fully saturated rings. The van der Waals surface area contributed by atoms with Crippen LogP contribution < -0.4 is 0 Å². The average Bonchev–Trinajstić information content (AvgIpc) is 2.52. The van der Waals surface area contributed by atoms with E-state index in [2.05, 4.69) is 0 Å². The molecule has 0 amide bonds. The first-order chi connectivity index (χ1) is 10.5. The Bertz CT molecular complexity index is 706. The first-order valence-corrected chi connectivity index (χ1v) is 7.07. The zero-order valence-corrected chi connectivity index (χ0v) is 12.7. The number of allylic oxidation sites excluding steroid dienone is 2. The van der Waals surface area contributed by atoms with Gasteiger partial charge in [-0.15, -0.1) is 0 Å². The minimum absolute atomic E-state index is 0.0344. The summed E-state index contributed by atoms with van der Waals surface area (Å²) in [5.41, 5.74) is 2.51. The molecule has 3 nitrogen and oxygen atoms in total. The number of aliphatic hydroxyl groups excluding tert-OH is 1. The molecule has 0 aliphatic rings. The van der Waals surface area contributed by atoms with Gasteiger partial charge in [0.15, 0.2) is 11.6 Å². The van der Waals surface area contributed by atoms with Crippen molar-refractivity contribution in [3.05, 3.63) is 82.6 Å². The fraction of sp³-hybridized carbons (Fsp3) is 0.158. The minimum Gasteiger partial charge on any atom is -0.512 e. The lowest BCUT2D eigenvalue weighted by molar-refractivity contribution is -0.113. The van der Waals surface area contributed by atoms with Crippen LogP contribution in [0, 0.1) is 0 Å². The highest BCUT2D eigenvalue weighted by Crippen LogP contribution is 2.15. The Morgan fingerprint density at radius 3 is 1.91 bits per heavy atom. The normalized spacial score (nSPS) is 11.7. The third kappa shape index (κ3) is 3.70. The van der Waals surface area contributed by atoms with E-state index in [1.807, 2.05) is 30.3 Å². The molecule has 0 atom stereocenters. The molecule has 2 aromatic carbocycles.